The Labute approximate surface area is 122 Å². The lowest BCUT2D eigenvalue weighted by molar-refractivity contribution is -0.115. The number of carbonyl (C=O) groups excluding carboxylic acids is 1. The molecule has 2 nitrogen and oxygen atoms in total. The Kier molecular flexibility index (Phi) is 5.77. The van der Waals surface area contributed by atoms with Gasteiger partial charge in [0.2, 0.25) is 5.78 Å². The number of halogens is 1. The van der Waals surface area contributed by atoms with E-state index in [4.69, 9.17) is 4.74 Å². The third-order valence-electron chi connectivity index (χ3n) is 2.79. The molecule has 0 spiro atoms. The minimum absolute atomic E-state index is 0.148. The highest BCUT2D eigenvalue weighted by molar-refractivity contribution is 9.09. The van der Waals surface area contributed by atoms with Crippen molar-refractivity contribution in [3.8, 4) is 0 Å². The molecular formula is C16H17BrO2. The molecule has 1 rings (SSSR count). The highest BCUT2D eigenvalue weighted by Gasteiger charge is 2.10. The van der Waals surface area contributed by atoms with E-state index in [1.54, 1.807) is 6.08 Å². The van der Waals surface area contributed by atoms with Crippen LogP contribution >= 0.6 is 15.9 Å². The summed E-state index contributed by atoms with van der Waals surface area (Å²) in [5.41, 5.74) is 4.11. The smallest absolute Gasteiger partial charge is 0.208 e. The fourth-order valence-electron chi connectivity index (χ4n) is 1.52. The first kappa shape index (κ1) is 15.4. The standard InChI is InChI=1S/C16H17BrO2/c1-5-19-16(15(18)10-17)9-13(4)14-7-6-11(2)12(3)8-14/h5-9H,1,4,10H2,2-3H3/b16-9-. The van der Waals surface area contributed by atoms with Gasteiger partial charge in [0.1, 0.15) is 0 Å². The normalized spacial score (nSPS) is 11.0. The Morgan fingerprint density at radius 2 is 2.05 bits per heavy atom. The Bertz CT molecular complexity index is 542. The average molecular weight is 321 g/mol. The van der Waals surface area contributed by atoms with E-state index in [1.807, 2.05) is 25.1 Å². The molecule has 1 aromatic carbocycles. The van der Waals surface area contributed by atoms with Gasteiger partial charge in [0, 0.05) is 0 Å². The van der Waals surface area contributed by atoms with Crippen LogP contribution in [0.1, 0.15) is 16.7 Å². The first-order valence-electron chi connectivity index (χ1n) is 5.84. The van der Waals surface area contributed by atoms with Crippen molar-refractivity contribution in [2.45, 2.75) is 13.8 Å². The summed E-state index contributed by atoms with van der Waals surface area (Å²) in [6.07, 6.45) is 2.87. The van der Waals surface area contributed by atoms with E-state index < -0.39 is 0 Å². The number of carbonyl (C=O) groups is 1. The van der Waals surface area contributed by atoms with E-state index in [0.29, 0.717) is 0 Å². The predicted octanol–water partition coefficient (Wildman–Crippen LogP) is 4.32. The molecule has 0 aliphatic carbocycles. The monoisotopic (exact) mass is 320 g/mol. The Balaban J connectivity index is 3.06. The lowest BCUT2D eigenvalue weighted by atomic mass is 10.0. The van der Waals surface area contributed by atoms with Crippen LogP contribution in [0.5, 0.6) is 0 Å². The minimum Gasteiger partial charge on any atom is -0.462 e. The fraction of sp³-hybridized carbons (Fsp3) is 0.188. The van der Waals surface area contributed by atoms with Gasteiger partial charge in [0.25, 0.3) is 0 Å². The summed E-state index contributed by atoms with van der Waals surface area (Å²) in [5.74, 6) is 0.0833. The summed E-state index contributed by atoms with van der Waals surface area (Å²) in [7, 11) is 0. The molecule has 0 bridgehead atoms. The topological polar surface area (TPSA) is 26.3 Å². The summed E-state index contributed by atoms with van der Waals surface area (Å²) in [4.78, 5) is 11.7. The van der Waals surface area contributed by atoms with E-state index in [9.17, 15) is 4.79 Å². The van der Waals surface area contributed by atoms with Gasteiger partial charge in [-0.3, -0.25) is 4.79 Å². The van der Waals surface area contributed by atoms with Crippen molar-refractivity contribution >= 4 is 27.3 Å². The number of allylic oxidation sites excluding steroid dienone is 3. The summed E-state index contributed by atoms with van der Waals surface area (Å²) < 4.78 is 5.13. The van der Waals surface area contributed by atoms with Crippen molar-refractivity contribution in [3.63, 3.8) is 0 Å². The molecular weight excluding hydrogens is 304 g/mol. The molecule has 1 aromatic rings. The second-order valence-electron chi connectivity index (χ2n) is 4.17. The molecule has 0 N–H and O–H groups in total. The van der Waals surface area contributed by atoms with Crippen LogP contribution in [-0.2, 0) is 9.53 Å². The van der Waals surface area contributed by atoms with Crippen molar-refractivity contribution in [2.75, 3.05) is 5.33 Å². The van der Waals surface area contributed by atoms with Crippen LogP contribution in [-0.4, -0.2) is 11.1 Å². The molecule has 0 amide bonds. The van der Waals surface area contributed by atoms with Crippen molar-refractivity contribution in [1.29, 1.82) is 0 Å². The van der Waals surface area contributed by atoms with Gasteiger partial charge in [-0.25, -0.2) is 0 Å². The number of benzene rings is 1. The molecule has 19 heavy (non-hydrogen) atoms. The first-order valence-corrected chi connectivity index (χ1v) is 6.96. The maximum Gasteiger partial charge on any atom is 0.208 e. The Morgan fingerprint density at radius 1 is 1.37 bits per heavy atom. The highest BCUT2D eigenvalue weighted by Crippen LogP contribution is 2.20. The van der Waals surface area contributed by atoms with Gasteiger partial charge < -0.3 is 4.74 Å². The number of ketones is 1. The number of hydrogen-bond donors (Lipinski definition) is 0. The van der Waals surface area contributed by atoms with Crippen LogP contribution in [0.4, 0.5) is 0 Å². The second-order valence-corrected chi connectivity index (χ2v) is 4.73. The summed E-state index contributed by atoms with van der Waals surface area (Å²) in [6, 6.07) is 6.05. The predicted molar refractivity (Wildman–Crippen MR) is 83.1 cm³/mol. The third kappa shape index (κ3) is 4.21. The molecule has 0 heterocycles. The van der Waals surface area contributed by atoms with Gasteiger partial charge in [-0.2, -0.15) is 0 Å². The molecule has 0 aromatic heterocycles. The van der Waals surface area contributed by atoms with E-state index in [0.717, 1.165) is 11.1 Å². The van der Waals surface area contributed by atoms with Gasteiger partial charge in [-0.15, -0.1) is 0 Å². The quantitative estimate of drug-likeness (QED) is 0.337. The van der Waals surface area contributed by atoms with Crippen LogP contribution in [0.3, 0.4) is 0 Å². The van der Waals surface area contributed by atoms with Gasteiger partial charge in [-0.1, -0.05) is 47.3 Å². The zero-order valence-electron chi connectivity index (χ0n) is 11.2. The zero-order chi connectivity index (χ0) is 14.4. The Morgan fingerprint density at radius 3 is 2.58 bits per heavy atom. The average Bonchev–Trinajstić information content (AvgIpc) is 2.40. The summed E-state index contributed by atoms with van der Waals surface area (Å²) in [5, 5.41) is 0.201. The SMILES string of the molecule is C=CO/C(=C\C(=C)c1ccc(C)c(C)c1)C(=O)CBr. The van der Waals surface area contributed by atoms with E-state index >= 15 is 0 Å². The maximum absolute atomic E-state index is 11.7. The highest BCUT2D eigenvalue weighted by atomic mass is 79.9. The van der Waals surface area contributed by atoms with Crippen LogP contribution in [0.2, 0.25) is 0 Å². The number of Topliss-reactive ketones (excluding diaryl/α,β-unsaturated/α-hetero) is 1. The summed E-state index contributed by atoms with van der Waals surface area (Å²) >= 11 is 3.12. The molecule has 0 unspecified atom stereocenters. The molecule has 0 atom stereocenters. The first-order chi connectivity index (χ1) is 8.99. The van der Waals surface area contributed by atoms with Gasteiger partial charge in [0.05, 0.1) is 11.6 Å². The zero-order valence-corrected chi connectivity index (χ0v) is 12.8. The van der Waals surface area contributed by atoms with E-state index in [1.165, 1.54) is 17.4 Å². The number of rotatable bonds is 6. The maximum atomic E-state index is 11.7. The number of ether oxygens (including phenoxy) is 1. The molecule has 0 saturated carbocycles. The molecule has 100 valence electrons. The number of alkyl halides is 1. The molecule has 0 radical (unpaired) electrons. The molecule has 0 fully saturated rings. The second kappa shape index (κ2) is 7.10. The minimum atomic E-state index is -0.148. The largest absolute Gasteiger partial charge is 0.462 e. The van der Waals surface area contributed by atoms with Gasteiger partial charge >= 0.3 is 0 Å². The van der Waals surface area contributed by atoms with Crippen LogP contribution < -0.4 is 0 Å². The lowest BCUT2D eigenvalue weighted by Gasteiger charge is -2.07. The molecule has 0 saturated heterocycles. The summed E-state index contributed by atoms with van der Waals surface area (Å²) in [6.45, 7) is 11.5. The van der Waals surface area contributed by atoms with Gasteiger partial charge in [-0.05, 0) is 42.2 Å². The molecule has 0 aliphatic heterocycles. The van der Waals surface area contributed by atoms with E-state index in [-0.39, 0.29) is 16.9 Å². The fourth-order valence-corrected chi connectivity index (χ4v) is 1.79. The van der Waals surface area contributed by atoms with Crippen molar-refractivity contribution in [2.24, 2.45) is 0 Å². The van der Waals surface area contributed by atoms with Crippen LogP contribution in [0, 0.1) is 13.8 Å². The lowest BCUT2D eigenvalue weighted by Crippen LogP contribution is -2.05. The Hall–Kier alpha value is -1.61. The number of aryl methyl sites for hydroxylation is 2. The van der Waals surface area contributed by atoms with Crippen LogP contribution in [0.15, 0.2) is 49.5 Å². The molecule has 0 aliphatic rings. The number of hydrogen-bond acceptors (Lipinski definition) is 2. The molecule has 3 heteroatoms. The van der Waals surface area contributed by atoms with E-state index in [2.05, 4.69) is 36.0 Å². The van der Waals surface area contributed by atoms with Crippen molar-refractivity contribution in [3.05, 3.63) is 66.1 Å². The van der Waals surface area contributed by atoms with Crippen LogP contribution in [0.25, 0.3) is 5.57 Å². The van der Waals surface area contributed by atoms with Gasteiger partial charge in [0.15, 0.2) is 5.76 Å². The third-order valence-corrected chi connectivity index (χ3v) is 3.30. The van der Waals surface area contributed by atoms with Crippen molar-refractivity contribution < 1.29 is 9.53 Å². The van der Waals surface area contributed by atoms with Crippen molar-refractivity contribution in [1.82, 2.24) is 0 Å².